The lowest BCUT2D eigenvalue weighted by Gasteiger charge is -2.02. The number of hydrogen-bond acceptors (Lipinski definition) is 0. The van der Waals surface area contributed by atoms with Crippen LogP contribution in [0.25, 0.3) is 0 Å². The molecule has 0 radical (unpaired) electrons. The predicted octanol–water partition coefficient (Wildman–Crippen LogP) is 4.17. The fourth-order valence-electron chi connectivity index (χ4n) is 2.94. The molecule has 0 aromatic rings. The molecule has 2 atom stereocenters. The van der Waals surface area contributed by atoms with Crippen molar-refractivity contribution in [1.82, 2.24) is 0 Å². The van der Waals surface area contributed by atoms with Gasteiger partial charge in [0.05, 0.1) is 0 Å². The Balaban J connectivity index is 1.93. The molecule has 2 unspecified atom stereocenters. The topological polar surface area (TPSA) is 0 Å². The Morgan fingerprint density at radius 1 is 1.46 bits per heavy atom. The van der Waals surface area contributed by atoms with E-state index in [1.165, 1.54) is 25.7 Å². The standard InChI is InChI=1S/C13H22/c1-5-6-10(2)7-11-8-13(11)9-12(13,3)4/h7,10H,5-6,8-9H2,1-4H3. The van der Waals surface area contributed by atoms with Crippen LogP contribution in [0.5, 0.6) is 0 Å². The molecule has 74 valence electrons. The summed E-state index contributed by atoms with van der Waals surface area (Å²) in [5, 5.41) is 0. The molecule has 1 spiro atoms. The molecule has 2 rings (SSSR count). The third-order valence-electron chi connectivity index (χ3n) is 4.13. The van der Waals surface area contributed by atoms with Crippen molar-refractivity contribution in [3.63, 3.8) is 0 Å². The van der Waals surface area contributed by atoms with E-state index in [2.05, 4.69) is 33.8 Å². The van der Waals surface area contributed by atoms with Crippen LogP contribution in [-0.2, 0) is 0 Å². The molecule has 2 aliphatic carbocycles. The van der Waals surface area contributed by atoms with E-state index in [1.807, 2.05) is 0 Å². The minimum Gasteiger partial charge on any atom is -0.0819 e. The molecule has 2 saturated carbocycles. The van der Waals surface area contributed by atoms with Gasteiger partial charge in [-0.3, -0.25) is 0 Å². The number of rotatable bonds is 3. The molecule has 0 nitrogen and oxygen atoms in total. The smallest absolute Gasteiger partial charge is 0.000645 e. The zero-order valence-corrected chi connectivity index (χ0v) is 9.48. The summed E-state index contributed by atoms with van der Waals surface area (Å²) < 4.78 is 0. The first-order valence-electron chi connectivity index (χ1n) is 5.73. The molecule has 13 heavy (non-hydrogen) atoms. The van der Waals surface area contributed by atoms with Gasteiger partial charge < -0.3 is 0 Å². The summed E-state index contributed by atoms with van der Waals surface area (Å²) in [4.78, 5) is 0. The van der Waals surface area contributed by atoms with Gasteiger partial charge in [0.15, 0.2) is 0 Å². The summed E-state index contributed by atoms with van der Waals surface area (Å²) in [5.41, 5.74) is 3.12. The largest absolute Gasteiger partial charge is 0.0819 e. The van der Waals surface area contributed by atoms with Crippen LogP contribution < -0.4 is 0 Å². The first kappa shape index (κ1) is 9.30. The Morgan fingerprint density at radius 3 is 2.46 bits per heavy atom. The summed E-state index contributed by atoms with van der Waals surface area (Å²) in [6.07, 6.45) is 8.10. The van der Waals surface area contributed by atoms with Crippen molar-refractivity contribution in [2.75, 3.05) is 0 Å². The first-order valence-corrected chi connectivity index (χ1v) is 5.73. The summed E-state index contributed by atoms with van der Waals surface area (Å²) >= 11 is 0. The van der Waals surface area contributed by atoms with Gasteiger partial charge in [0, 0.05) is 5.41 Å². The van der Waals surface area contributed by atoms with Crippen LogP contribution in [0, 0.1) is 16.7 Å². The summed E-state index contributed by atoms with van der Waals surface area (Å²) in [6.45, 7) is 9.47. The van der Waals surface area contributed by atoms with Gasteiger partial charge in [0.2, 0.25) is 0 Å². The Morgan fingerprint density at radius 2 is 2.08 bits per heavy atom. The highest BCUT2D eigenvalue weighted by molar-refractivity contribution is 5.45. The second-order valence-corrected chi connectivity index (χ2v) is 5.78. The Bertz CT molecular complexity index is 247. The Labute approximate surface area is 82.4 Å². The van der Waals surface area contributed by atoms with Crippen LogP contribution in [0.1, 0.15) is 53.4 Å². The van der Waals surface area contributed by atoms with Crippen molar-refractivity contribution >= 4 is 0 Å². The third-order valence-corrected chi connectivity index (χ3v) is 4.13. The summed E-state index contributed by atoms with van der Waals surface area (Å²) in [5.74, 6) is 0.816. The van der Waals surface area contributed by atoms with Gasteiger partial charge in [-0.05, 0) is 30.6 Å². The number of hydrogen-bond donors (Lipinski definition) is 0. The van der Waals surface area contributed by atoms with Crippen molar-refractivity contribution in [2.45, 2.75) is 53.4 Å². The Kier molecular flexibility index (Phi) is 1.87. The Hall–Kier alpha value is -0.260. The molecule has 0 saturated heterocycles. The van der Waals surface area contributed by atoms with E-state index in [1.54, 1.807) is 5.57 Å². The highest BCUT2D eigenvalue weighted by Gasteiger charge is 2.71. The van der Waals surface area contributed by atoms with Crippen LogP contribution in [0.4, 0.5) is 0 Å². The lowest BCUT2D eigenvalue weighted by Crippen LogP contribution is -1.90. The molecule has 0 amide bonds. The summed E-state index contributed by atoms with van der Waals surface area (Å²) in [7, 11) is 0. The van der Waals surface area contributed by atoms with E-state index in [4.69, 9.17) is 0 Å². The van der Waals surface area contributed by atoms with Crippen molar-refractivity contribution in [3.8, 4) is 0 Å². The second kappa shape index (κ2) is 2.62. The van der Waals surface area contributed by atoms with Crippen LogP contribution in [-0.4, -0.2) is 0 Å². The first-order chi connectivity index (χ1) is 6.02. The molecule has 0 aliphatic heterocycles. The highest BCUT2D eigenvalue weighted by atomic mass is 14.8. The molecule has 2 aliphatic rings. The fourth-order valence-corrected chi connectivity index (χ4v) is 2.94. The van der Waals surface area contributed by atoms with Crippen LogP contribution in [0.3, 0.4) is 0 Å². The van der Waals surface area contributed by atoms with E-state index in [-0.39, 0.29) is 0 Å². The quantitative estimate of drug-likeness (QED) is 0.569. The van der Waals surface area contributed by atoms with Crippen molar-refractivity contribution in [2.24, 2.45) is 16.7 Å². The van der Waals surface area contributed by atoms with Gasteiger partial charge in [-0.25, -0.2) is 0 Å². The molecule has 0 aromatic heterocycles. The third kappa shape index (κ3) is 1.35. The maximum Gasteiger partial charge on any atom is 0.000645 e. The predicted molar refractivity (Wildman–Crippen MR) is 57.6 cm³/mol. The van der Waals surface area contributed by atoms with Gasteiger partial charge in [-0.2, -0.15) is 0 Å². The van der Waals surface area contributed by atoms with Gasteiger partial charge in [-0.1, -0.05) is 45.8 Å². The summed E-state index contributed by atoms with van der Waals surface area (Å²) in [6, 6.07) is 0. The molecule has 0 heterocycles. The average Bonchev–Trinajstić information content (AvgIpc) is 2.75. The lowest BCUT2D eigenvalue weighted by atomic mass is 10.0. The van der Waals surface area contributed by atoms with Gasteiger partial charge in [-0.15, -0.1) is 0 Å². The maximum atomic E-state index is 2.55. The van der Waals surface area contributed by atoms with E-state index < -0.39 is 0 Å². The van der Waals surface area contributed by atoms with E-state index in [0.717, 1.165) is 5.92 Å². The van der Waals surface area contributed by atoms with Crippen LogP contribution >= 0.6 is 0 Å². The lowest BCUT2D eigenvalue weighted by molar-refractivity contribution is 0.563. The van der Waals surface area contributed by atoms with Crippen LogP contribution in [0.2, 0.25) is 0 Å². The average molecular weight is 178 g/mol. The van der Waals surface area contributed by atoms with Gasteiger partial charge in [0.25, 0.3) is 0 Å². The van der Waals surface area contributed by atoms with Crippen molar-refractivity contribution in [1.29, 1.82) is 0 Å². The zero-order chi connectivity index (χ0) is 9.69. The molecule has 0 bridgehead atoms. The normalized spacial score (nSPS) is 39.5. The highest BCUT2D eigenvalue weighted by Crippen LogP contribution is 2.81. The molecule has 0 N–H and O–H groups in total. The van der Waals surface area contributed by atoms with E-state index in [0.29, 0.717) is 10.8 Å². The van der Waals surface area contributed by atoms with E-state index in [9.17, 15) is 0 Å². The second-order valence-electron chi connectivity index (χ2n) is 5.78. The van der Waals surface area contributed by atoms with Crippen molar-refractivity contribution in [3.05, 3.63) is 11.6 Å². The van der Waals surface area contributed by atoms with Crippen molar-refractivity contribution < 1.29 is 0 Å². The molecular formula is C13H22. The minimum absolute atomic E-state index is 0.644. The zero-order valence-electron chi connectivity index (χ0n) is 9.48. The monoisotopic (exact) mass is 178 g/mol. The molecule has 2 fully saturated rings. The van der Waals surface area contributed by atoms with Gasteiger partial charge >= 0.3 is 0 Å². The molecular weight excluding hydrogens is 156 g/mol. The SMILES string of the molecule is CCCC(C)C=C1CC12CC2(C)C. The van der Waals surface area contributed by atoms with Crippen LogP contribution in [0.15, 0.2) is 11.6 Å². The van der Waals surface area contributed by atoms with Gasteiger partial charge in [0.1, 0.15) is 0 Å². The number of allylic oxidation sites excluding steroid dienone is 2. The maximum absolute atomic E-state index is 2.55. The molecule has 0 aromatic carbocycles. The molecule has 0 heteroatoms. The fraction of sp³-hybridized carbons (Fsp3) is 0.846. The minimum atomic E-state index is 0.644. The van der Waals surface area contributed by atoms with E-state index >= 15 is 0 Å².